The molecule has 0 radical (unpaired) electrons. The van der Waals surface area contributed by atoms with Crippen LogP contribution in [-0.4, -0.2) is 41.2 Å². The molecule has 5 rings (SSSR count). The molecule has 0 unspecified atom stereocenters. The molecule has 0 bridgehead atoms. The van der Waals surface area contributed by atoms with E-state index in [2.05, 4.69) is 19.2 Å². The Bertz CT molecular complexity index is 958. The van der Waals surface area contributed by atoms with Gasteiger partial charge in [0.25, 0.3) is 0 Å². The summed E-state index contributed by atoms with van der Waals surface area (Å²) in [4.78, 5) is 23.5. The minimum Gasteiger partial charge on any atom is -0.447 e. The number of hydrogen-bond donors (Lipinski definition) is 3. The number of rotatable bonds is 4. The summed E-state index contributed by atoms with van der Waals surface area (Å²) in [6, 6.07) is 3.50. The summed E-state index contributed by atoms with van der Waals surface area (Å²) in [6.45, 7) is 4.55. The average Bonchev–Trinajstić information content (AvgIpc) is 3.10. The van der Waals surface area contributed by atoms with Crippen molar-refractivity contribution in [3.8, 4) is 0 Å². The van der Waals surface area contributed by atoms with Crippen molar-refractivity contribution < 1.29 is 24.2 Å². The SMILES string of the molecule is C[C@]12CC[C@H](NC(=O)OCCO)C[C@H]1CC[C@@H]1[C@@H]2CC[C@]2(C)[C@@H](c3ccc(=O)oc3)CC[C@]12O. The van der Waals surface area contributed by atoms with Gasteiger partial charge in [-0.05, 0) is 98.5 Å². The lowest BCUT2D eigenvalue weighted by Crippen LogP contribution is -2.62. The van der Waals surface area contributed by atoms with E-state index >= 15 is 0 Å². The molecule has 7 heteroatoms. The Kier molecular flexibility index (Phi) is 6.08. The number of aliphatic hydroxyl groups is 2. The van der Waals surface area contributed by atoms with Crippen LogP contribution < -0.4 is 10.9 Å². The van der Waals surface area contributed by atoms with Gasteiger partial charge in [0.1, 0.15) is 6.61 Å². The molecular weight excluding hydrogens is 434 g/mol. The zero-order valence-corrected chi connectivity index (χ0v) is 20.4. The highest BCUT2D eigenvalue weighted by atomic mass is 16.6. The van der Waals surface area contributed by atoms with Gasteiger partial charge in [-0.3, -0.25) is 0 Å². The molecule has 1 heterocycles. The summed E-state index contributed by atoms with van der Waals surface area (Å²) >= 11 is 0. The fourth-order valence-corrected chi connectivity index (χ4v) is 8.80. The molecule has 4 aliphatic rings. The molecule has 34 heavy (non-hydrogen) atoms. The van der Waals surface area contributed by atoms with Gasteiger partial charge >= 0.3 is 11.7 Å². The lowest BCUT2D eigenvalue weighted by atomic mass is 9.43. The van der Waals surface area contributed by atoms with Crippen LogP contribution in [0.5, 0.6) is 0 Å². The van der Waals surface area contributed by atoms with Crippen molar-refractivity contribution in [1.29, 1.82) is 0 Å². The first-order valence-corrected chi connectivity index (χ1v) is 13.1. The molecule has 0 aromatic carbocycles. The third kappa shape index (κ3) is 3.62. The molecule has 1 aromatic heterocycles. The van der Waals surface area contributed by atoms with Gasteiger partial charge in [-0.25, -0.2) is 9.59 Å². The Labute approximate surface area is 201 Å². The third-order valence-electron chi connectivity index (χ3n) is 10.6. The molecule has 7 nitrogen and oxygen atoms in total. The standard InChI is InChI=1S/C27H39NO6/c1-25-10-7-19(28-24(31)33-14-13-29)15-18(25)4-5-22-21(25)8-11-26(2)20(9-12-27(22,26)32)17-3-6-23(30)34-16-17/h3,6,16,18-22,29,32H,4-5,7-15H2,1-2H3,(H,28,31)/t18-,19+,20-,21+,22-,25+,26-,27+/m1/s1. The molecular formula is C27H39NO6. The monoisotopic (exact) mass is 473 g/mol. The average molecular weight is 474 g/mol. The van der Waals surface area contributed by atoms with Crippen molar-refractivity contribution in [2.75, 3.05) is 13.2 Å². The van der Waals surface area contributed by atoms with E-state index in [0.717, 1.165) is 63.4 Å². The molecule has 4 aliphatic carbocycles. The Balaban J connectivity index is 1.33. The minimum atomic E-state index is -0.700. The molecule has 0 spiro atoms. The number of carbonyl (C=O) groups is 1. The summed E-state index contributed by atoms with van der Waals surface area (Å²) in [5.74, 6) is 1.50. The van der Waals surface area contributed by atoms with Gasteiger partial charge in [-0.15, -0.1) is 0 Å². The highest BCUT2D eigenvalue weighted by Gasteiger charge is 2.67. The second-order valence-corrected chi connectivity index (χ2v) is 11.8. The maximum Gasteiger partial charge on any atom is 0.407 e. The van der Waals surface area contributed by atoms with Crippen molar-refractivity contribution in [2.24, 2.45) is 28.6 Å². The van der Waals surface area contributed by atoms with Crippen LogP contribution in [0.2, 0.25) is 0 Å². The van der Waals surface area contributed by atoms with Crippen LogP contribution in [0.3, 0.4) is 0 Å². The van der Waals surface area contributed by atoms with E-state index in [1.807, 2.05) is 6.07 Å². The topological polar surface area (TPSA) is 109 Å². The summed E-state index contributed by atoms with van der Waals surface area (Å²) in [5.41, 5.74) is -0.0366. The Morgan fingerprint density at radius 2 is 1.94 bits per heavy atom. The fourth-order valence-electron chi connectivity index (χ4n) is 8.80. The highest BCUT2D eigenvalue weighted by molar-refractivity contribution is 5.67. The van der Waals surface area contributed by atoms with Crippen LogP contribution in [0.1, 0.15) is 83.1 Å². The quantitative estimate of drug-likeness (QED) is 0.611. The number of aliphatic hydroxyl groups excluding tert-OH is 1. The van der Waals surface area contributed by atoms with Crippen molar-refractivity contribution >= 4 is 6.09 Å². The zero-order chi connectivity index (χ0) is 24.1. The van der Waals surface area contributed by atoms with Crippen molar-refractivity contribution in [1.82, 2.24) is 5.32 Å². The molecule has 0 aliphatic heterocycles. The maximum atomic E-state index is 12.3. The second-order valence-electron chi connectivity index (χ2n) is 11.8. The van der Waals surface area contributed by atoms with Gasteiger partial charge in [-0.1, -0.05) is 13.8 Å². The van der Waals surface area contributed by atoms with Crippen LogP contribution in [0.25, 0.3) is 0 Å². The second kappa shape index (κ2) is 8.66. The molecule has 0 saturated heterocycles. The molecule has 3 N–H and O–H groups in total. The summed E-state index contributed by atoms with van der Waals surface area (Å²) in [7, 11) is 0. The van der Waals surface area contributed by atoms with Gasteiger partial charge in [0.05, 0.1) is 18.5 Å². The smallest absolute Gasteiger partial charge is 0.407 e. The van der Waals surface area contributed by atoms with E-state index in [9.17, 15) is 14.7 Å². The number of ether oxygens (including phenoxy) is 1. The highest BCUT2D eigenvalue weighted by Crippen LogP contribution is 2.70. The van der Waals surface area contributed by atoms with Gasteiger partial charge in [-0.2, -0.15) is 0 Å². The minimum absolute atomic E-state index is 0.0247. The van der Waals surface area contributed by atoms with Crippen LogP contribution in [0, 0.1) is 28.6 Å². The number of nitrogens with one attached hydrogen (secondary N) is 1. The van der Waals surface area contributed by atoms with Crippen molar-refractivity contribution in [2.45, 2.75) is 89.2 Å². The molecule has 1 aromatic rings. The largest absolute Gasteiger partial charge is 0.447 e. The number of fused-ring (bicyclic) bond motifs is 5. The summed E-state index contributed by atoms with van der Waals surface area (Å²) in [5, 5.41) is 24.2. The Hall–Kier alpha value is -1.86. The van der Waals surface area contributed by atoms with E-state index in [0.29, 0.717) is 11.8 Å². The van der Waals surface area contributed by atoms with Crippen LogP contribution in [0.15, 0.2) is 27.6 Å². The lowest BCUT2D eigenvalue weighted by Gasteiger charge is -2.63. The van der Waals surface area contributed by atoms with E-state index < -0.39 is 11.7 Å². The number of alkyl carbamates (subject to hydrolysis) is 1. The first kappa shape index (κ1) is 23.9. The first-order valence-electron chi connectivity index (χ1n) is 13.1. The predicted molar refractivity (Wildman–Crippen MR) is 126 cm³/mol. The van der Waals surface area contributed by atoms with Crippen LogP contribution >= 0.6 is 0 Å². The van der Waals surface area contributed by atoms with Crippen LogP contribution in [-0.2, 0) is 4.74 Å². The molecule has 1 amide bonds. The molecule has 188 valence electrons. The van der Waals surface area contributed by atoms with Gasteiger partial charge < -0.3 is 24.7 Å². The molecule has 4 fully saturated rings. The lowest BCUT2D eigenvalue weighted by molar-refractivity contribution is -0.202. The number of hydrogen-bond acceptors (Lipinski definition) is 6. The first-order chi connectivity index (χ1) is 16.2. The Morgan fingerprint density at radius 1 is 1.12 bits per heavy atom. The fraction of sp³-hybridized carbons (Fsp3) is 0.778. The van der Waals surface area contributed by atoms with E-state index in [-0.39, 0.29) is 47.5 Å². The predicted octanol–water partition coefficient (Wildman–Crippen LogP) is 3.97. The normalized spacial score (nSPS) is 43.4. The molecule has 4 saturated carbocycles. The van der Waals surface area contributed by atoms with Gasteiger partial charge in [0, 0.05) is 17.5 Å². The summed E-state index contributed by atoms with van der Waals surface area (Å²) < 4.78 is 10.2. The number of amides is 1. The van der Waals surface area contributed by atoms with E-state index in [1.54, 1.807) is 6.26 Å². The maximum absolute atomic E-state index is 12.3. The zero-order valence-electron chi connectivity index (χ0n) is 20.4. The summed E-state index contributed by atoms with van der Waals surface area (Å²) in [6.07, 6.45) is 10.0. The third-order valence-corrected chi connectivity index (χ3v) is 10.6. The van der Waals surface area contributed by atoms with E-state index in [4.69, 9.17) is 14.3 Å². The van der Waals surface area contributed by atoms with Gasteiger partial charge in [0.2, 0.25) is 0 Å². The number of carbonyl (C=O) groups excluding carboxylic acids is 1. The van der Waals surface area contributed by atoms with Crippen LogP contribution in [0.4, 0.5) is 4.79 Å². The molecule has 8 atom stereocenters. The van der Waals surface area contributed by atoms with E-state index in [1.165, 1.54) is 6.07 Å². The van der Waals surface area contributed by atoms with Crippen molar-refractivity contribution in [3.63, 3.8) is 0 Å². The van der Waals surface area contributed by atoms with Gasteiger partial charge in [0.15, 0.2) is 0 Å². The van der Waals surface area contributed by atoms with Crippen molar-refractivity contribution in [3.05, 3.63) is 34.4 Å². The Morgan fingerprint density at radius 3 is 2.68 bits per heavy atom.